The van der Waals surface area contributed by atoms with Gasteiger partial charge in [-0.1, -0.05) is 29.8 Å². The van der Waals surface area contributed by atoms with E-state index in [2.05, 4.69) is 36.5 Å². The number of benzene rings is 2. The lowest BCUT2D eigenvalue weighted by Gasteiger charge is -2.21. The van der Waals surface area contributed by atoms with Crippen LogP contribution in [0.4, 0.5) is 0 Å². The van der Waals surface area contributed by atoms with Crippen molar-refractivity contribution in [2.75, 3.05) is 20.8 Å². The summed E-state index contributed by atoms with van der Waals surface area (Å²) in [6.07, 6.45) is 0. The molecule has 112 valence electrons. The highest BCUT2D eigenvalue weighted by Gasteiger charge is 2.17. The third kappa shape index (κ3) is 3.56. The maximum atomic E-state index is 5.78. The minimum Gasteiger partial charge on any atom is -0.497 e. The zero-order valence-corrected chi connectivity index (χ0v) is 13.1. The third-order valence-corrected chi connectivity index (χ3v) is 3.51. The lowest BCUT2D eigenvalue weighted by Crippen LogP contribution is -2.18. The second-order valence-corrected chi connectivity index (χ2v) is 4.97. The molecule has 2 aromatic rings. The van der Waals surface area contributed by atoms with Crippen LogP contribution in [0.5, 0.6) is 11.5 Å². The van der Waals surface area contributed by atoms with Crippen molar-refractivity contribution in [3.63, 3.8) is 0 Å². The molecule has 3 nitrogen and oxygen atoms in total. The van der Waals surface area contributed by atoms with Gasteiger partial charge in [0.1, 0.15) is 11.5 Å². The molecule has 0 aliphatic heterocycles. The van der Waals surface area contributed by atoms with E-state index in [0.717, 1.165) is 17.1 Å². The first-order chi connectivity index (χ1) is 10.2. The molecule has 1 N–H and O–H groups in total. The molecule has 0 fully saturated rings. The summed E-state index contributed by atoms with van der Waals surface area (Å²) >= 11 is 0. The summed E-state index contributed by atoms with van der Waals surface area (Å²) in [6, 6.07) is 14.5. The highest BCUT2D eigenvalue weighted by atomic mass is 16.5. The van der Waals surface area contributed by atoms with Gasteiger partial charge in [0.2, 0.25) is 0 Å². The van der Waals surface area contributed by atoms with Crippen molar-refractivity contribution in [1.82, 2.24) is 5.32 Å². The van der Waals surface area contributed by atoms with E-state index < -0.39 is 0 Å². The van der Waals surface area contributed by atoms with Gasteiger partial charge in [-0.15, -0.1) is 0 Å². The van der Waals surface area contributed by atoms with Crippen molar-refractivity contribution < 1.29 is 9.47 Å². The van der Waals surface area contributed by atoms with Gasteiger partial charge in [0.05, 0.1) is 19.8 Å². The Hall–Kier alpha value is -2.00. The summed E-state index contributed by atoms with van der Waals surface area (Å²) in [5.41, 5.74) is 3.57. The number of aryl methyl sites for hydroxylation is 1. The quantitative estimate of drug-likeness (QED) is 0.877. The van der Waals surface area contributed by atoms with E-state index in [1.807, 2.05) is 32.2 Å². The van der Waals surface area contributed by atoms with E-state index in [1.54, 1.807) is 7.11 Å². The van der Waals surface area contributed by atoms with E-state index in [4.69, 9.17) is 9.47 Å². The average Bonchev–Trinajstić information content (AvgIpc) is 2.51. The summed E-state index contributed by atoms with van der Waals surface area (Å²) in [5.74, 6) is 1.79. The van der Waals surface area contributed by atoms with Gasteiger partial charge in [-0.05, 0) is 44.7 Å². The van der Waals surface area contributed by atoms with Gasteiger partial charge in [-0.25, -0.2) is 0 Å². The normalized spacial score (nSPS) is 12.0. The molecule has 2 rings (SSSR count). The van der Waals surface area contributed by atoms with Crippen molar-refractivity contribution in [2.45, 2.75) is 19.9 Å². The molecule has 0 saturated heterocycles. The topological polar surface area (TPSA) is 30.5 Å². The van der Waals surface area contributed by atoms with Crippen LogP contribution < -0.4 is 14.8 Å². The van der Waals surface area contributed by atoms with Crippen LogP contribution in [0.3, 0.4) is 0 Å². The van der Waals surface area contributed by atoms with Gasteiger partial charge < -0.3 is 14.8 Å². The maximum absolute atomic E-state index is 5.78. The first-order valence-electron chi connectivity index (χ1n) is 7.24. The first-order valence-corrected chi connectivity index (χ1v) is 7.24. The molecule has 0 aromatic heterocycles. The molecule has 1 unspecified atom stereocenters. The summed E-state index contributed by atoms with van der Waals surface area (Å²) in [5, 5.41) is 3.38. The molecular formula is C18H23NO2. The summed E-state index contributed by atoms with van der Waals surface area (Å²) in [4.78, 5) is 0. The Kier molecular flexibility index (Phi) is 5.23. The number of nitrogens with one attached hydrogen (secondary N) is 1. The van der Waals surface area contributed by atoms with E-state index in [1.165, 1.54) is 11.1 Å². The summed E-state index contributed by atoms with van der Waals surface area (Å²) < 4.78 is 11.0. The van der Waals surface area contributed by atoms with Crippen LogP contribution >= 0.6 is 0 Å². The Bertz CT molecular complexity index is 578. The van der Waals surface area contributed by atoms with Crippen molar-refractivity contribution in [2.24, 2.45) is 0 Å². The molecule has 2 aromatic carbocycles. The number of rotatable bonds is 6. The molecule has 0 aliphatic rings. The fourth-order valence-electron chi connectivity index (χ4n) is 2.48. The second kappa shape index (κ2) is 7.14. The van der Waals surface area contributed by atoms with E-state index >= 15 is 0 Å². The van der Waals surface area contributed by atoms with Gasteiger partial charge in [-0.2, -0.15) is 0 Å². The van der Waals surface area contributed by atoms with Gasteiger partial charge in [0.15, 0.2) is 0 Å². The molecule has 0 heterocycles. The fourth-order valence-corrected chi connectivity index (χ4v) is 2.48. The number of ether oxygens (including phenoxy) is 2. The van der Waals surface area contributed by atoms with Crippen LogP contribution in [0.2, 0.25) is 0 Å². The van der Waals surface area contributed by atoms with Crippen LogP contribution in [-0.2, 0) is 0 Å². The van der Waals surface area contributed by atoms with Crippen LogP contribution in [0, 0.1) is 6.92 Å². The Morgan fingerprint density at radius 2 is 1.81 bits per heavy atom. The van der Waals surface area contributed by atoms with Crippen molar-refractivity contribution >= 4 is 0 Å². The monoisotopic (exact) mass is 285 g/mol. The van der Waals surface area contributed by atoms with Crippen molar-refractivity contribution in [1.29, 1.82) is 0 Å². The van der Waals surface area contributed by atoms with Crippen LogP contribution in [0.25, 0.3) is 0 Å². The minimum absolute atomic E-state index is 0.0948. The SMILES string of the molecule is CCOc1ccc(C)cc1C(NC)c1ccc(OC)cc1. The second-order valence-electron chi connectivity index (χ2n) is 4.97. The van der Waals surface area contributed by atoms with Gasteiger partial charge in [-0.3, -0.25) is 0 Å². The lowest BCUT2D eigenvalue weighted by molar-refractivity contribution is 0.334. The molecule has 0 radical (unpaired) electrons. The zero-order chi connectivity index (χ0) is 15.2. The Labute approximate surface area is 126 Å². The summed E-state index contributed by atoms with van der Waals surface area (Å²) in [6.45, 7) is 4.76. The molecular weight excluding hydrogens is 262 g/mol. The standard InChI is InChI=1S/C18H23NO2/c1-5-21-17-11-6-13(2)12-16(17)18(19-3)14-7-9-15(20-4)10-8-14/h6-12,18-19H,5H2,1-4H3. The molecule has 0 saturated carbocycles. The van der Waals surface area contributed by atoms with Crippen molar-refractivity contribution in [3.05, 3.63) is 59.2 Å². The lowest BCUT2D eigenvalue weighted by atomic mass is 9.96. The van der Waals surface area contributed by atoms with E-state index in [9.17, 15) is 0 Å². The number of hydrogen-bond acceptors (Lipinski definition) is 3. The van der Waals surface area contributed by atoms with E-state index in [0.29, 0.717) is 6.61 Å². The first kappa shape index (κ1) is 15.4. The number of methoxy groups -OCH3 is 1. The van der Waals surface area contributed by atoms with Crippen LogP contribution in [0.1, 0.15) is 29.7 Å². The molecule has 21 heavy (non-hydrogen) atoms. The van der Waals surface area contributed by atoms with E-state index in [-0.39, 0.29) is 6.04 Å². The van der Waals surface area contributed by atoms with Gasteiger partial charge >= 0.3 is 0 Å². The van der Waals surface area contributed by atoms with Crippen molar-refractivity contribution in [3.8, 4) is 11.5 Å². The maximum Gasteiger partial charge on any atom is 0.124 e. The highest BCUT2D eigenvalue weighted by Crippen LogP contribution is 2.31. The average molecular weight is 285 g/mol. The Morgan fingerprint density at radius 3 is 2.38 bits per heavy atom. The minimum atomic E-state index is 0.0948. The molecule has 1 atom stereocenters. The molecule has 0 bridgehead atoms. The Morgan fingerprint density at radius 1 is 1.10 bits per heavy atom. The summed E-state index contributed by atoms with van der Waals surface area (Å²) in [7, 11) is 3.64. The van der Waals surface area contributed by atoms with Crippen LogP contribution in [0.15, 0.2) is 42.5 Å². The highest BCUT2D eigenvalue weighted by molar-refractivity contribution is 5.44. The smallest absolute Gasteiger partial charge is 0.124 e. The predicted octanol–water partition coefficient (Wildman–Crippen LogP) is 3.71. The zero-order valence-electron chi connectivity index (χ0n) is 13.1. The Balaban J connectivity index is 2.41. The molecule has 0 amide bonds. The molecule has 0 aliphatic carbocycles. The van der Waals surface area contributed by atoms with Crippen LogP contribution in [-0.4, -0.2) is 20.8 Å². The van der Waals surface area contributed by atoms with Gasteiger partial charge in [0.25, 0.3) is 0 Å². The molecule has 3 heteroatoms. The fraction of sp³-hybridized carbons (Fsp3) is 0.333. The molecule has 0 spiro atoms. The van der Waals surface area contributed by atoms with Gasteiger partial charge in [0, 0.05) is 5.56 Å². The predicted molar refractivity (Wildman–Crippen MR) is 86.2 cm³/mol. The largest absolute Gasteiger partial charge is 0.497 e. The number of hydrogen-bond donors (Lipinski definition) is 1. The third-order valence-electron chi connectivity index (χ3n) is 3.51.